The molecule has 18 heteroatoms. The van der Waals surface area contributed by atoms with E-state index in [1.165, 1.54) is 6.92 Å². The molecule has 0 saturated heterocycles. The SMILES string of the molecule is CCC(C)C(=O)OCCOc1ccc(C(c2ccc(OCCOC(=O)C(CC)CC(C)C(=O)OCCOc3cc(F)c(F)c(F)c3)cc2)(C(F)(F)F)C(F)(F)F)cc1. The zero-order chi connectivity index (χ0) is 43.3. The maximum Gasteiger partial charge on any atom is 0.411 e. The highest BCUT2D eigenvalue weighted by Gasteiger charge is 2.72. The largest absolute Gasteiger partial charge is 0.490 e. The van der Waals surface area contributed by atoms with Crippen molar-refractivity contribution < 1.29 is 82.3 Å². The van der Waals surface area contributed by atoms with Crippen LogP contribution in [0.25, 0.3) is 0 Å². The van der Waals surface area contributed by atoms with Gasteiger partial charge in [0, 0.05) is 12.1 Å². The summed E-state index contributed by atoms with van der Waals surface area (Å²) in [6.07, 6.45) is -10.9. The molecule has 0 saturated carbocycles. The van der Waals surface area contributed by atoms with Crippen molar-refractivity contribution in [3.05, 3.63) is 89.2 Å². The standard InChI is InChI=1S/C40H43F9O9/c1-5-24(3)35(50)56-18-15-53-29-11-7-27(8-12-29)38(39(44,45)46,40(47,48)49)28-9-13-30(14-10-28)54-16-20-58-37(52)26(6-2)21-25(4)36(51)57-19-17-55-31-22-32(41)34(43)33(42)23-31/h7-14,22-26H,5-6,15-21H2,1-4H3. The third kappa shape index (κ3) is 12.2. The number of halogens is 9. The number of carbonyl (C=O) groups is 3. The molecule has 0 aromatic heterocycles. The Kier molecular flexibility index (Phi) is 17.1. The van der Waals surface area contributed by atoms with E-state index < -0.39 is 76.1 Å². The molecule has 0 radical (unpaired) electrons. The molecule has 3 aromatic rings. The minimum atomic E-state index is -5.85. The van der Waals surface area contributed by atoms with Gasteiger partial charge < -0.3 is 28.4 Å². The lowest BCUT2D eigenvalue weighted by molar-refractivity contribution is -0.288. The van der Waals surface area contributed by atoms with Crippen LogP contribution in [-0.4, -0.2) is 69.9 Å². The summed E-state index contributed by atoms with van der Waals surface area (Å²) >= 11 is 0. The zero-order valence-electron chi connectivity index (χ0n) is 31.9. The molecule has 0 aliphatic heterocycles. The zero-order valence-corrected chi connectivity index (χ0v) is 31.9. The summed E-state index contributed by atoms with van der Waals surface area (Å²) in [5.74, 6) is -8.84. The molecule has 0 fully saturated rings. The number of rotatable bonds is 21. The second kappa shape index (κ2) is 21.0. The van der Waals surface area contributed by atoms with Gasteiger partial charge in [0.2, 0.25) is 5.41 Å². The molecule has 0 spiro atoms. The quantitative estimate of drug-likeness (QED) is 0.0342. The van der Waals surface area contributed by atoms with Crippen LogP contribution < -0.4 is 14.2 Å². The van der Waals surface area contributed by atoms with Crippen molar-refractivity contribution in [1.29, 1.82) is 0 Å². The molecule has 9 nitrogen and oxygen atoms in total. The average molecular weight is 839 g/mol. The van der Waals surface area contributed by atoms with Crippen LogP contribution in [0, 0.1) is 35.2 Å². The van der Waals surface area contributed by atoms with E-state index >= 15 is 0 Å². The second-order valence-electron chi connectivity index (χ2n) is 13.1. The normalized spacial score (nSPS) is 13.5. The van der Waals surface area contributed by atoms with Crippen LogP contribution in [0.5, 0.6) is 17.2 Å². The summed E-state index contributed by atoms with van der Waals surface area (Å²) in [5, 5.41) is 0. The Morgan fingerprint density at radius 3 is 1.29 bits per heavy atom. The topological polar surface area (TPSA) is 107 Å². The van der Waals surface area contributed by atoms with Crippen LogP contribution in [0.1, 0.15) is 58.1 Å². The first-order chi connectivity index (χ1) is 27.3. The number of esters is 3. The molecule has 320 valence electrons. The van der Waals surface area contributed by atoms with Crippen LogP contribution in [0.15, 0.2) is 60.7 Å². The Bertz CT molecular complexity index is 1760. The number of hydrogen-bond donors (Lipinski definition) is 0. The minimum Gasteiger partial charge on any atom is -0.490 e. The highest BCUT2D eigenvalue weighted by Crippen LogP contribution is 2.56. The minimum absolute atomic E-state index is 0.0112. The summed E-state index contributed by atoms with van der Waals surface area (Å²) < 4.78 is 159. The monoisotopic (exact) mass is 838 g/mol. The van der Waals surface area contributed by atoms with Gasteiger partial charge in [-0.2, -0.15) is 26.3 Å². The van der Waals surface area contributed by atoms with Gasteiger partial charge in [-0.05, 0) is 54.7 Å². The Labute approximate surface area is 328 Å². The molecule has 0 bridgehead atoms. The Balaban J connectivity index is 1.54. The number of alkyl halides is 6. The summed E-state index contributed by atoms with van der Waals surface area (Å²) in [4.78, 5) is 36.9. The fraction of sp³-hybridized carbons (Fsp3) is 0.475. The fourth-order valence-corrected chi connectivity index (χ4v) is 5.63. The molecule has 3 unspecified atom stereocenters. The molecule has 3 atom stereocenters. The number of ether oxygens (including phenoxy) is 6. The molecule has 3 rings (SSSR count). The first-order valence-electron chi connectivity index (χ1n) is 18.1. The van der Waals surface area contributed by atoms with Gasteiger partial charge in [0.1, 0.15) is 56.9 Å². The second-order valence-corrected chi connectivity index (χ2v) is 13.1. The van der Waals surface area contributed by atoms with Crippen molar-refractivity contribution in [2.24, 2.45) is 17.8 Å². The summed E-state index contributed by atoms with van der Waals surface area (Å²) in [6, 6.07) is 7.61. The van der Waals surface area contributed by atoms with Crippen LogP contribution >= 0.6 is 0 Å². The first kappa shape index (κ1) is 47.2. The molecule has 3 aromatic carbocycles. The summed E-state index contributed by atoms with van der Waals surface area (Å²) in [5.41, 5.74) is -6.69. The van der Waals surface area contributed by atoms with E-state index in [2.05, 4.69) is 0 Å². The smallest absolute Gasteiger partial charge is 0.411 e. The maximum absolute atomic E-state index is 14.6. The average Bonchev–Trinajstić information content (AvgIpc) is 3.17. The van der Waals surface area contributed by atoms with Gasteiger partial charge >= 0.3 is 30.3 Å². The van der Waals surface area contributed by atoms with E-state index in [0.29, 0.717) is 42.8 Å². The third-order valence-corrected chi connectivity index (χ3v) is 9.05. The number of hydrogen-bond acceptors (Lipinski definition) is 9. The summed E-state index contributed by atoms with van der Waals surface area (Å²) in [6.45, 7) is 4.97. The van der Waals surface area contributed by atoms with Crippen molar-refractivity contribution in [2.45, 2.75) is 64.7 Å². The highest BCUT2D eigenvalue weighted by molar-refractivity contribution is 5.76. The molecular formula is C40H43F9O9. The number of carbonyl (C=O) groups excluding carboxylic acids is 3. The van der Waals surface area contributed by atoms with E-state index in [1.807, 2.05) is 0 Å². The molecule has 0 aliphatic rings. The van der Waals surface area contributed by atoms with E-state index in [-0.39, 0.29) is 75.6 Å². The highest BCUT2D eigenvalue weighted by atomic mass is 19.4. The van der Waals surface area contributed by atoms with Crippen LogP contribution in [0.2, 0.25) is 0 Å². The van der Waals surface area contributed by atoms with Crippen molar-refractivity contribution in [2.75, 3.05) is 39.6 Å². The Morgan fingerprint density at radius 2 is 0.914 bits per heavy atom. The van der Waals surface area contributed by atoms with Gasteiger partial charge in [-0.3, -0.25) is 14.4 Å². The van der Waals surface area contributed by atoms with Crippen LogP contribution in [0.4, 0.5) is 39.5 Å². The Morgan fingerprint density at radius 1 is 0.534 bits per heavy atom. The predicted octanol–water partition coefficient (Wildman–Crippen LogP) is 9.08. The number of benzene rings is 3. The van der Waals surface area contributed by atoms with Gasteiger partial charge in [-0.1, -0.05) is 52.0 Å². The van der Waals surface area contributed by atoms with Crippen molar-refractivity contribution in [3.63, 3.8) is 0 Å². The van der Waals surface area contributed by atoms with E-state index in [9.17, 15) is 53.9 Å². The molecular weight excluding hydrogens is 795 g/mol. The van der Waals surface area contributed by atoms with Gasteiger partial charge in [0.25, 0.3) is 0 Å². The van der Waals surface area contributed by atoms with Crippen molar-refractivity contribution >= 4 is 17.9 Å². The van der Waals surface area contributed by atoms with E-state index in [0.717, 1.165) is 24.3 Å². The molecule has 58 heavy (non-hydrogen) atoms. The van der Waals surface area contributed by atoms with Gasteiger partial charge in [0.05, 0.1) is 17.8 Å². The molecule has 0 aliphatic carbocycles. The predicted molar refractivity (Wildman–Crippen MR) is 188 cm³/mol. The van der Waals surface area contributed by atoms with Crippen molar-refractivity contribution in [3.8, 4) is 17.2 Å². The summed E-state index contributed by atoms with van der Waals surface area (Å²) in [7, 11) is 0. The van der Waals surface area contributed by atoms with Gasteiger partial charge in [-0.25, -0.2) is 13.2 Å². The maximum atomic E-state index is 14.6. The first-order valence-corrected chi connectivity index (χ1v) is 18.1. The molecule has 0 heterocycles. The van der Waals surface area contributed by atoms with Gasteiger partial charge in [-0.15, -0.1) is 0 Å². The third-order valence-electron chi connectivity index (χ3n) is 9.05. The van der Waals surface area contributed by atoms with E-state index in [4.69, 9.17) is 28.4 Å². The van der Waals surface area contributed by atoms with Crippen molar-refractivity contribution in [1.82, 2.24) is 0 Å². The van der Waals surface area contributed by atoms with Gasteiger partial charge in [0.15, 0.2) is 17.5 Å². The lowest BCUT2D eigenvalue weighted by atomic mass is 9.73. The van der Waals surface area contributed by atoms with Crippen LogP contribution in [0.3, 0.4) is 0 Å². The molecule has 0 N–H and O–H groups in total. The van der Waals surface area contributed by atoms with E-state index in [1.54, 1.807) is 20.8 Å². The fourth-order valence-electron chi connectivity index (χ4n) is 5.63. The van der Waals surface area contributed by atoms with Crippen LogP contribution in [-0.2, 0) is 34.0 Å². The molecule has 0 amide bonds. The Hall–Kier alpha value is -5.16. The lowest BCUT2D eigenvalue weighted by Gasteiger charge is -2.38. The lowest BCUT2D eigenvalue weighted by Crippen LogP contribution is -2.54.